The number of halogens is 1. The van der Waals surface area contributed by atoms with E-state index >= 15 is 0 Å². The zero-order chi connectivity index (χ0) is 12.9. The van der Waals surface area contributed by atoms with E-state index < -0.39 is 11.7 Å². The molecule has 4 nitrogen and oxygen atoms in total. The summed E-state index contributed by atoms with van der Waals surface area (Å²) in [6.07, 6.45) is 0.299. The highest BCUT2D eigenvalue weighted by atomic mass is 35.5. The normalized spacial score (nSPS) is 11.3. The van der Waals surface area contributed by atoms with Crippen molar-refractivity contribution in [3.05, 3.63) is 16.1 Å². The van der Waals surface area contributed by atoms with Crippen LogP contribution in [0.4, 0.5) is 4.79 Å². The molecule has 96 valence electrons. The van der Waals surface area contributed by atoms with E-state index in [9.17, 15) is 4.79 Å². The molecule has 0 aliphatic heterocycles. The second-order valence-corrected chi connectivity index (χ2v) is 5.75. The molecule has 1 amide bonds. The first-order valence-corrected chi connectivity index (χ1v) is 6.78. The molecule has 0 bridgehead atoms. The van der Waals surface area contributed by atoms with Gasteiger partial charge in [-0.2, -0.15) is 0 Å². The molecule has 1 N–H and O–H groups in total. The van der Waals surface area contributed by atoms with E-state index in [2.05, 4.69) is 10.3 Å². The van der Waals surface area contributed by atoms with Gasteiger partial charge in [0.15, 0.2) is 0 Å². The second kappa shape index (κ2) is 6.21. The number of alkyl carbamates (subject to hydrolysis) is 1. The fraction of sp³-hybridized carbons (Fsp3) is 0.636. The average molecular weight is 277 g/mol. The number of carbonyl (C=O) groups is 1. The summed E-state index contributed by atoms with van der Waals surface area (Å²) in [4.78, 5) is 15.6. The van der Waals surface area contributed by atoms with Crippen molar-refractivity contribution >= 4 is 29.0 Å². The van der Waals surface area contributed by atoms with Crippen molar-refractivity contribution in [2.24, 2.45) is 0 Å². The molecular formula is C11H17ClN2O2S. The lowest BCUT2D eigenvalue weighted by Gasteiger charge is -2.19. The van der Waals surface area contributed by atoms with Crippen LogP contribution in [0, 0.1) is 0 Å². The maximum absolute atomic E-state index is 11.3. The Morgan fingerprint density at radius 3 is 2.82 bits per heavy atom. The Kier molecular flexibility index (Phi) is 5.21. The summed E-state index contributed by atoms with van der Waals surface area (Å²) in [5.41, 5.74) is 0.417. The summed E-state index contributed by atoms with van der Waals surface area (Å²) >= 11 is 7.20. The third-order valence-corrected chi connectivity index (χ3v) is 2.97. The van der Waals surface area contributed by atoms with Crippen LogP contribution in [0.5, 0.6) is 0 Å². The van der Waals surface area contributed by atoms with Crippen LogP contribution < -0.4 is 5.32 Å². The molecule has 0 fully saturated rings. The first-order chi connectivity index (χ1) is 7.90. The van der Waals surface area contributed by atoms with E-state index in [-0.39, 0.29) is 0 Å². The Hall–Kier alpha value is -0.810. The van der Waals surface area contributed by atoms with E-state index in [1.807, 2.05) is 26.2 Å². The van der Waals surface area contributed by atoms with E-state index in [0.29, 0.717) is 18.8 Å². The third-order valence-electron chi connectivity index (χ3n) is 1.74. The standard InChI is InChI=1S/C11H17ClN2O2S/c1-11(2,3)16-10(15)13-5-4-9-14-8(6-12)7-17-9/h7H,4-6H2,1-3H3,(H,13,15). The summed E-state index contributed by atoms with van der Waals surface area (Å²) < 4.78 is 5.11. The van der Waals surface area contributed by atoms with Crippen LogP contribution in [-0.4, -0.2) is 23.2 Å². The van der Waals surface area contributed by atoms with Crippen LogP contribution in [0.1, 0.15) is 31.5 Å². The Morgan fingerprint density at radius 1 is 1.59 bits per heavy atom. The summed E-state index contributed by atoms with van der Waals surface area (Å²) in [6, 6.07) is 0. The van der Waals surface area contributed by atoms with E-state index in [4.69, 9.17) is 16.3 Å². The van der Waals surface area contributed by atoms with Crippen LogP contribution in [0.25, 0.3) is 0 Å². The first kappa shape index (κ1) is 14.3. The largest absolute Gasteiger partial charge is 0.444 e. The van der Waals surface area contributed by atoms with Crippen molar-refractivity contribution in [1.82, 2.24) is 10.3 Å². The van der Waals surface area contributed by atoms with Gasteiger partial charge >= 0.3 is 6.09 Å². The van der Waals surface area contributed by atoms with E-state index in [0.717, 1.165) is 10.7 Å². The number of nitrogens with zero attached hydrogens (tertiary/aromatic N) is 1. The minimum atomic E-state index is -0.461. The third kappa shape index (κ3) is 5.89. The predicted octanol–water partition coefficient (Wildman–Crippen LogP) is 2.95. The van der Waals surface area contributed by atoms with Gasteiger partial charge in [0.05, 0.1) is 16.6 Å². The summed E-state index contributed by atoms with van der Waals surface area (Å²) in [5, 5.41) is 5.58. The first-order valence-electron chi connectivity index (χ1n) is 5.37. The number of carbonyl (C=O) groups excluding carboxylic acids is 1. The van der Waals surface area contributed by atoms with Gasteiger partial charge in [0, 0.05) is 18.3 Å². The maximum Gasteiger partial charge on any atom is 0.407 e. The lowest BCUT2D eigenvalue weighted by atomic mass is 10.2. The Bertz CT molecular complexity index is 374. The fourth-order valence-electron chi connectivity index (χ4n) is 1.11. The molecule has 0 saturated carbocycles. The molecule has 17 heavy (non-hydrogen) atoms. The van der Waals surface area contributed by atoms with Crippen LogP contribution >= 0.6 is 22.9 Å². The van der Waals surface area contributed by atoms with Gasteiger partial charge in [-0.25, -0.2) is 9.78 Å². The Labute approximate surface area is 110 Å². The zero-order valence-electron chi connectivity index (χ0n) is 10.2. The predicted molar refractivity (Wildman–Crippen MR) is 69.6 cm³/mol. The van der Waals surface area contributed by atoms with Gasteiger partial charge in [-0.1, -0.05) is 0 Å². The average Bonchev–Trinajstić information content (AvgIpc) is 2.63. The van der Waals surface area contributed by atoms with Gasteiger partial charge in [0.25, 0.3) is 0 Å². The lowest BCUT2D eigenvalue weighted by molar-refractivity contribution is 0.0528. The molecule has 0 aliphatic carbocycles. The molecule has 1 heterocycles. The molecule has 0 aliphatic rings. The minimum Gasteiger partial charge on any atom is -0.444 e. The van der Waals surface area contributed by atoms with Gasteiger partial charge in [0.1, 0.15) is 5.60 Å². The number of alkyl halides is 1. The highest BCUT2D eigenvalue weighted by Crippen LogP contribution is 2.12. The number of ether oxygens (including phenoxy) is 1. The zero-order valence-corrected chi connectivity index (χ0v) is 11.8. The number of thiazole rings is 1. The van der Waals surface area contributed by atoms with Gasteiger partial charge in [-0.3, -0.25) is 0 Å². The van der Waals surface area contributed by atoms with E-state index in [1.54, 1.807) is 11.3 Å². The van der Waals surface area contributed by atoms with Gasteiger partial charge in [-0.05, 0) is 20.8 Å². The minimum absolute atomic E-state index is 0.397. The van der Waals surface area contributed by atoms with Crippen molar-refractivity contribution in [2.75, 3.05) is 6.54 Å². The summed E-state index contributed by atoms with van der Waals surface area (Å²) in [7, 11) is 0. The molecule has 0 atom stereocenters. The molecule has 1 rings (SSSR count). The molecule has 1 aromatic rings. The number of amides is 1. The number of nitrogens with one attached hydrogen (secondary N) is 1. The van der Waals surface area contributed by atoms with Crippen LogP contribution in [0.3, 0.4) is 0 Å². The molecule has 0 saturated heterocycles. The number of hydrogen-bond donors (Lipinski definition) is 1. The number of hydrogen-bond acceptors (Lipinski definition) is 4. The van der Waals surface area contributed by atoms with Crippen molar-refractivity contribution in [3.63, 3.8) is 0 Å². The highest BCUT2D eigenvalue weighted by Gasteiger charge is 2.15. The van der Waals surface area contributed by atoms with Crippen molar-refractivity contribution in [2.45, 2.75) is 38.7 Å². The highest BCUT2D eigenvalue weighted by molar-refractivity contribution is 7.09. The Morgan fingerprint density at radius 2 is 2.29 bits per heavy atom. The molecule has 6 heteroatoms. The van der Waals surface area contributed by atoms with Crippen molar-refractivity contribution in [1.29, 1.82) is 0 Å². The van der Waals surface area contributed by atoms with Crippen LogP contribution in [-0.2, 0) is 17.0 Å². The smallest absolute Gasteiger partial charge is 0.407 e. The van der Waals surface area contributed by atoms with Gasteiger partial charge in [0.2, 0.25) is 0 Å². The summed E-state index contributed by atoms with van der Waals surface area (Å²) in [6.45, 7) is 6.02. The Balaban J connectivity index is 2.26. The molecular weight excluding hydrogens is 260 g/mol. The number of rotatable bonds is 4. The summed E-state index contributed by atoms with van der Waals surface area (Å²) in [5.74, 6) is 0.427. The molecule has 0 unspecified atom stereocenters. The van der Waals surface area contributed by atoms with Crippen molar-refractivity contribution < 1.29 is 9.53 Å². The molecule has 0 radical (unpaired) electrons. The molecule has 0 aromatic carbocycles. The van der Waals surface area contributed by atoms with Crippen molar-refractivity contribution in [3.8, 4) is 0 Å². The number of aromatic nitrogens is 1. The maximum atomic E-state index is 11.3. The van der Waals surface area contributed by atoms with Crippen LogP contribution in [0.2, 0.25) is 0 Å². The lowest BCUT2D eigenvalue weighted by Crippen LogP contribution is -2.33. The molecule has 0 spiro atoms. The molecule has 1 aromatic heterocycles. The monoisotopic (exact) mass is 276 g/mol. The quantitative estimate of drug-likeness (QED) is 0.860. The SMILES string of the molecule is CC(C)(C)OC(=O)NCCc1nc(CCl)cs1. The van der Waals surface area contributed by atoms with Gasteiger partial charge in [-0.15, -0.1) is 22.9 Å². The second-order valence-electron chi connectivity index (χ2n) is 4.54. The van der Waals surface area contributed by atoms with E-state index in [1.165, 1.54) is 0 Å². The van der Waals surface area contributed by atoms with Gasteiger partial charge < -0.3 is 10.1 Å². The topological polar surface area (TPSA) is 51.2 Å². The fourth-order valence-corrected chi connectivity index (χ4v) is 2.14. The van der Waals surface area contributed by atoms with Crippen LogP contribution in [0.15, 0.2) is 5.38 Å².